The van der Waals surface area contributed by atoms with Crippen molar-refractivity contribution in [3.63, 3.8) is 0 Å². The molecule has 0 atom stereocenters. The number of hydrogen-bond donors (Lipinski definition) is 2. The zero-order valence-electron chi connectivity index (χ0n) is 12.1. The molecule has 0 spiro atoms. The monoisotopic (exact) mass is 279 g/mol. The van der Waals surface area contributed by atoms with Crippen molar-refractivity contribution < 1.29 is 19.4 Å². The highest BCUT2D eigenvalue weighted by Crippen LogP contribution is 2.19. The van der Waals surface area contributed by atoms with Gasteiger partial charge in [0.25, 0.3) is 5.91 Å². The predicted molar refractivity (Wildman–Crippen MR) is 76.1 cm³/mol. The number of carbonyl (C=O) groups is 2. The summed E-state index contributed by atoms with van der Waals surface area (Å²) in [6, 6.07) is 4.55. The van der Waals surface area contributed by atoms with Crippen LogP contribution in [0.1, 0.15) is 36.2 Å². The zero-order valence-corrected chi connectivity index (χ0v) is 12.1. The van der Waals surface area contributed by atoms with E-state index in [2.05, 4.69) is 19.2 Å². The van der Waals surface area contributed by atoms with Gasteiger partial charge in [0.05, 0.1) is 5.56 Å². The molecule has 0 radical (unpaired) electrons. The summed E-state index contributed by atoms with van der Waals surface area (Å²) in [6.07, 6.45) is 0.929. The first-order valence-corrected chi connectivity index (χ1v) is 6.63. The Balaban J connectivity index is 2.45. The summed E-state index contributed by atoms with van der Waals surface area (Å²) in [5, 5.41) is 11.6. The topological polar surface area (TPSA) is 75.6 Å². The van der Waals surface area contributed by atoms with Gasteiger partial charge in [0.2, 0.25) is 0 Å². The van der Waals surface area contributed by atoms with Crippen molar-refractivity contribution in [3.05, 3.63) is 29.3 Å². The lowest BCUT2D eigenvalue weighted by Gasteiger charge is -2.10. The van der Waals surface area contributed by atoms with E-state index < -0.39 is 5.97 Å². The smallest absolute Gasteiger partial charge is 0.335 e. The number of carboxylic acid groups (broad SMARTS) is 1. The average molecular weight is 279 g/mol. The minimum atomic E-state index is -0.980. The highest BCUT2D eigenvalue weighted by Gasteiger charge is 2.08. The Hall–Kier alpha value is -2.04. The van der Waals surface area contributed by atoms with Gasteiger partial charge >= 0.3 is 5.97 Å². The first kappa shape index (κ1) is 16.0. The Bertz CT molecular complexity index is 483. The number of rotatable bonds is 7. The molecular weight excluding hydrogens is 258 g/mol. The second-order valence-corrected chi connectivity index (χ2v) is 5.11. The molecule has 0 unspecified atom stereocenters. The second kappa shape index (κ2) is 7.53. The summed E-state index contributed by atoms with van der Waals surface area (Å²) < 4.78 is 5.39. The fraction of sp³-hybridized carbons (Fsp3) is 0.467. The molecule has 0 bridgehead atoms. The van der Waals surface area contributed by atoms with Crippen molar-refractivity contribution in [1.29, 1.82) is 0 Å². The molecule has 20 heavy (non-hydrogen) atoms. The van der Waals surface area contributed by atoms with E-state index in [9.17, 15) is 9.59 Å². The molecule has 0 aliphatic carbocycles. The maximum absolute atomic E-state index is 11.6. The lowest BCUT2D eigenvalue weighted by atomic mass is 10.1. The number of hydrogen-bond acceptors (Lipinski definition) is 3. The van der Waals surface area contributed by atoms with Gasteiger partial charge in [0.15, 0.2) is 6.61 Å². The van der Waals surface area contributed by atoms with Crippen molar-refractivity contribution >= 4 is 11.9 Å². The number of ether oxygens (including phenoxy) is 1. The van der Waals surface area contributed by atoms with Crippen LogP contribution in [0.25, 0.3) is 0 Å². The number of carbonyl (C=O) groups excluding carboxylic acids is 1. The van der Waals surface area contributed by atoms with E-state index in [1.807, 2.05) is 0 Å². The van der Waals surface area contributed by atoms with Crippen LogP contribution in [-0.2, 0) is 4.79 Å². The van der Waals surface area contributed by atoms with Gasteiger partial charge in [-0.05, 0) is 43.0 Å². The molecule has 0 saturated carbocycles. The van der Waals surface area contributed by atoms with E-state index in [4.69, 9.17) is 9.84 Å². The summed E-state index contributed by atoms with van der Waals surface area (Å²) in [5.74, 6) is -0.0884. The largest absolute Gasteiger partial charge is 0.484 e. The molecule has 5 nitrogen and oxygen atoms in total. The third-order valence-electron chi connectivity index (χ3n) is 2.82. The lowest BCUT2D eigenvalue weighted by molar-refractivity contribution is -0.123. The molecule has 5 heteroatoms. The highest BCUT2D eigenvalue weighted by atomic mass is 16.5. The number of aromatic carboxylic acids is 1. The summed E-state index contributed by atoms with van der Waals surface area (Å²) in [6.45, 7) is 6.51. The molecule has 1 aromatic rings. The van der Waals surface area contributed by atoms with E-state index in [0.717, 1.165) is 6.42 Å². The van der Waals surface area contributed by atoms with E-state index >= 15 is 0 Å². The quantitative estimate of drug-likeness (QED) is 0.802. The standard InChI is InChI=1S/C15H21NO4/c1-10(2)6-7-16-14(17)9-20-13-5-4-12(15(18)19)8-11(13)3/h4-5,8,10H,6-7,9H2,1-3H3,(H,16,17)(H,18,19). The zero-order chi connectivity index (χ0) is 15.1. The van der Waals surface area contributed by atoms with Crippen molar-refractivity contribution in [2.24, 2.45) is 5.92 Å². The summed E-state index contributed by atoms with van der Waals surface area (Å²) in [4.78, 5) is 22.4. The predicted octanol–water partition coefficient (Wildman–Crippen LogP) is 2.23. The normalized spacial score (nSPS) is 10.4. The van der Waals surface area contributed by atoms with Crippen LogP contribution in [0.2, 0.25) is 0 Å². The molecule has 1 rings (SSSR count). The highest BCUT2D eigenvalue weighted by molar-refractivity contribution is 5.88. The fourth-order valence-corrected chi connectivity index (χ4v) is 1.64. The van der Waals surface area contributed by atoms with Crippen molar-refractivity contribution in [2.75, 3.05) is 13.2 Å². The summed E-state index contributed by atoms with van der Waals surface area (Å²) >= 11 is 0. The number of benzene rings is 1. The minimum absolute atomic E-state index is 0.0641. The minimum Gasteiger partial charge on any atom is -0.484 e. The Kier molecular flexibility index (Phi) is 6.03. The van der Waals surface area contributed by atoms with Gasteiger partial charge in [0.1, 0.15) is 5.75 Å². The maximum Gasteiger partial charge on any atom is 0.335 e. The molecule has 0 fully saturated rings. The molecule has 2 N–H and O–H groups in total. The van der Waals surface area contributed by atoms with E-state index in [-0.39, 0.29) is 18.1 Å². The Morgan fingerprint density at radius 2 is 2.05 bits per heavy atom. The van der Waals surface area contributed by atoms with Crippen LogP contribution >= 0.6 is 0 Å². The number of nitrogens with one attached hydrogen (secondary N) is 1. The van der Waals surface area contributed by atoms with Gasteiger partial charge in [-0.1, -0.05) is 13.8 Å². The molecule has 0 aromatic heterocycles. The third kappa shape index (κ3) is 5.30. The Morgan fingerprint density at radius 1 is 1.35 bits per heavy atom. The second-order valence-electron chi connectivity index (χ2n) is 5.11. The first-order valence-electron chi connectivity index (χ1n) is 6.63. The molecule has 0 heterocycles. The molecular formula is C15H21NO4. The van der Waals surface area contributed by atoms with Gasteiger partial charge in [-0.3, -0.25) is 4.79 Å². The first-order chi connectivity index (χ1) is 9.40. The Morgan fingerprint density at radius 3 is 2.60 bits per heavy atom. The number of amides is 1. The molecule has 0 saturated heterocycles. The molecule has 0 aliphatic heterocycles. The molecule has 1 aromatic carbocycles. The van der Waals surface area contributed by atoms with Crippen LogP contribution in [0.5, 0.6) is 5.75 Å². The molecule has 1 amide bonds. The van der Waals surface area contributed by atoms with Gasteiger partial charge < -0.3 is 15.2 Å². The van der Waals surface area contributed by atoms with E-state index in [1.54, 1.807) is 13.0 Å². The van der Waals surface area contributed by atoms with Gasteiger partial charge in [-0.25, -0.2) is 4.79 Å². The van der Waals surface area contributed by atoms with E-state index in [0.29, 0.717) is 23.8 Å². The number of aryl methyl sites for hydroxylation is 1. The lowest BCUT2D eigenvalue weighted by Crippen LogP contribution is -2.30. The summed E-state index contributed by atoms with van der Waals surface area (Å²) in [7, 11) is 0. The van der Waals surface area contributed by atoms with Crippen LogP contribution in [-0.4, -0.2) is 30.1 Å². The maximum atomic E-state index is 11.6. The van der Waals surface area contributed by atoms with Gasteiger partial charge in [0, 0.05) is 6.54 Å². The van der Waals surface area contributed by atoms with Crippen molar-refractivity contribution in [3.8, 4) is 5.75 Å². The van der Waals surface area contributed by atoms with Crippen LogP contribution in [0, 0.1) is 12.8 Å². The van der Waals surface area contributed by atoms with Crippen LogP contribution in [0.3, 0.4) is 0 Å². The third-order valence-corrected chi connectivity index (χ3v) is 2.82. The average Bonchev–Trinajstić information content (AvgIpc) is 2.36. The van der Waals surface area contributed by atoms with Crippen molar-refractivity contribution in [1.82, 2.24) is 5.32 Å². The molecule has 0 aliphatic rings. The summed E-state index contributed by atoms with van der Waals surface area (Å²) in [5.41, 5.74) is 0.899. The Labute approximate surface area is 118 Å². The van der Waals surface area contributed by atoms with Crippen LogP contribution in [0.4, 0.5) is 0 Å². The van der Waals surface area contributed by atoms with E-state index in [1.165, 1.54) is 12.1 Å². The number of carboxylic acids is 1. The SMILES string of the molecule is Cc1cc(C(=O)O)ccc1OCC(=O)NCCC(C)C. The van der Waals surface area contributed by atoms with Gasteiger partial charge in [-0.2, -0.15) is 0 Å². The van der Waals surface area contributed by atoms with Gasteiger partial charge in [-0.15, -0.1) is 0 Å². The van der Waals surface area contributed by atoms with Crippen LogP contribution < -0.4 is 10.1 Å². The van der Waals surface area contributed by atoms with Crippen LogP contribution in [0.15, 0.2) is 18.2 Å². The fourth-order valence-electron chi connectivity index (χ4n) is 1.64. The molecule has 110 valence electrons. The van der Waals surface area contributed by atoms with Crippen molar-refractivity contribution in [2.45, 2.75) is 27.2 Å².